The molecule has 2 rings (SSSR count). The van der Waals surface area contributed by atoms with Crippen molar-refractivity contribution in [2.45, 2.75) is 69.4 Å². The summed E-state index contributed by atoms with van der Waals surface area (Å²) in [5, 5.41) is 21.7. The molecule has 0 saturated heterocycles. The van der Waals surface area contributed by atoms with Crippen LogP contribution >= 0.6 is 0 Å². The van der Waals surface area contributed by atoms with Crippen molar-refractivity contribution in [3.8, 4) is 0 Å². The summed E-state index contributed by atoms with van der Waals surface area (Å²) in [5.41, 5.74) is 0.922. The lowest BCUT2D eigenvalue weighted by Gasteiger charge is -2.34. The summed E-state index contributed by atoms with van der Waals surface area (Å²) in [5.74, 6) is -1.62. The van der Waals surface area contributed by atoms with Crippen LogP contribution in [0.3, 0.4) is 0 Å². The Hall–Kier alpha value is -1.88. The molecule has 0 radical (unpaired) electrons. The fourth-order valence-corrected chi connectivity index (χ4v) is 3.64. The number of hydrogen-bond acceptors (Lipinski definition) is 3. The van der Waals surface area contributed by atoms with Gasteiger partial charge in [-0.25, -0.2) is 0 Å². The van der Waals surface area contributed by atoms with Crippen molar-refractivity contribution in [2.24, 2.45) is 0 Å². The van der Waals surface area contributed by atoms with E-state index in [9.17, 15) is 14.7 Å². The van der Waals surface area contributed by atoms with Gasteiger partial charge in [-0.15, -0.1) is 0 Å². The van der Waals surface area contributed by atoms with Gasteiger partial charge in [0.2, 0.25) is 0 Å². The first-order valence-electron chi connectivity index (χ1n) is 8.81. The Morgan fingerprint density at radius 1 is 1.04 bits per heavy atom. The lowest BCUT2D eigenvalue weighted by atomic mass is 9.86. The monoisotopic (exact) mass is 333 g/mol. The first kappa shape index (κ1) is 18.5. The van der Waals surface area contributed by atoms with Crippen molar-refractivity contribution in [1.82, 2.24) is 5.32 Å². The molecule has 1 saturated carbocycles. The van der Waals surface area contributed by atoms with Crippen LogP contribution in [0.25, 0.3) is 0 Å². The minimum Gasteiger partial charge on any atom is -0.481 e. The van der Waals surface area contributed by atoms with Crippen LogP contribution in [0.4, 0.5) is 0 Å². The van der Waals surface area contributed by atoms with Gasteiger partial charge >= 0.3 is 11.9 Å². The minimum absolute atomic E-state index is 0.152. The fourth-order valence-electron chi connectivity index (χ4n) is 3.64. The van der Waals surface area contributed by atoms with Gasteiger partial charge in [0.15, 0.2) is 0 Å². The Bertz CT molecular complexity index is 538. The first-order chi connectivity index (χ1) is 11.5. The molecule has 132 valence electrons. The third kappa shape index (κ3) is 5.06. The average molecular weight is 333 g/mol. The maximum absolute atomic E-state index is 11.7. The zero-order chi connectivity index (χ0) is 17.4. The molecule has 1 unspecified atom stereocenters. The van der Waals surface area contributed by atoms with E-state index in [0.29, 0.717) is 12.8 Å². The second-order valence-corrected chi connectivity index (χ2v) is 6.68. The fraction of sp³-hybridized carbons (Fsp3) is 0.579. The van der Waals surface area contributed by atoms with Crippen molar-refractivity contribution in [3.63, 3.8) is 0 Å². The molecule has 1 aliphatic carbocycles. The van der Waals surface area contributed by atoms with Gasteiger partial charge in [0, 0.05) is 12.0 Å². The Morgan fingerprint density at radius 2 is 1.71 bits per heavy atom. The number of carboxylic acid groups (broad SMARTS) is 2. The van der Waals surface area contributed by atoms with Crippen molar-refractivity contribution in [3.05, 3.63) is 35.9 Å². The van der Waals surface area contributed by atoms with Gasteiger partial charge in [0.25, 0.3) is 0 Å². The molecule has 1 fully saturated rings. The van der Waals surface area contributed by atoms with E-state index in [0.717, 1.165) is 38.5 Å². The van der Waals surface area contributed by atoms with Crippen LogP contribution in [0.2, 0.25) is 0 Å². The van der Waals surface area contributed by atoms with Gasteiger partial charge in [-0.3, -0.25) is 14.9 Å². The highest BCUT2D eigenvalue weighted by Crippen LogP contribution is 2.39. The summed E-state index contributed by atoms with van der Waals surface area (Å²) >= 11 is 0. The number of unbranched alkanes of at least 4 members (excludes halogenated alkanes) is 2. The highest BCUT2D eigenvalue weighted by molar-refractivity contribution is 5.73. The van der Waals surface area contributed by atoms with Gasteiger partial charge < -0.3 is 10.2 Å². The normalized spacial score (nSPS) is 17.5. The van der Waals surface area contributed by atoms with Crippen LogP contribution in [-0.2, 0) is 15.1 Å². The number of rotatable bonds is 10. The van der Waals surface area contributed by atoms with E-state index in [-0.39, 0.29) is 12.0 Å². The largest absolute Gasteiger partial charge is 0.481 e. The third-order valence-electron chi connectivity index (χ3n) is 4.92. The summed E-state index contributed by atoms with van der Waals surface area (Å²) in [7, 11) is 0. The predicted octanol–water partition coefficient (Wildman–Crippen LogP) is 3.53. The lowest BCUT2D eigenvalue weighted by Crippen LogP contribution is -2.49. The van der Waals surface area contributed by atoms with E-state index in [1.165, 1.54) is 5.56 Å². The zero-order valence-electron chi connectivity index (χ0n) is 14.0. The molecule has 1 aliphatic rings. The van der Waals surface area contributed by atoms with Gasteiger partial charge in [0.05, 0.1) is 0 Å². The smallest absolute Gasteiger partial charge is 0.320 e. The number of carbonyl (C=O) groups is 2. The van der Waals surface area contributed by atoms with Crippen molar-refractivity contribution in [2.75, 3.05) is 0 Å². The van der Waals surface area contributed by atoms with Crippen LogP contribution < -0.4 is 5.32 Å². The van der Waals surface area contributed by atoms with Crippen LogP contribution in [0.5, 0.6) is 0 Å². The topological polar surface area (TPSA) is 86.6 Å². The van der Waals surface area contributed by atoms with Crippen LogP contribution in [0.15, 0.2) is 30.3 Å². The van der Waals surface area contributed by atoms with E-state index < -0.39 is 18.0 Å². The molecule has 5 heteroatoms. The number of carboxylic acids is 2. The van der Waals surface area contributed by atoms with Gasteiger partial charge in [0.1, 0.15) is 6.04 Å². The third-order valence-corrected chi connectivity index (χ3v) is 4.92. The Balaban J connectivity index is 1.97. The summed E-state index contributed by atoms with van der Waals surface area (Å²) in [6.07, 6.45) is 6.88. The molecule has 0 heterocycles. The standard InChI is InChI=1S/C19H27NO4/c21-17(22)12-6-2-5-11-16(18(23)24)20-19(13-7-8-14-19)15-9-3-1-4-10-15/h1,3-4,9-10,16,20H,2,5-8,11-14H2,(H,21,22)(H,23,24). The first-order valence-corrected chi connectivity index (χ1v) is 8.81. The molecule has 24 heavy (non-hydrogen) atoms. The number of benzene rings is 1. The lowest BCUT2D eigenvalue weighted by molar-refractivity contribution is -0.140. The zero-order valence-corrected chi connectivity index (χ0v) is 14.0. The number of nitrogens with one attached hydrogen (secondary N) is 1. The van der Waals surface area contributed by atoms with Gasteiger partial charge in [-0.1, -0.05) is 56.0 Å². The Kier molecular flexibility index (Phi) is 6.79. The summed E-state index contributed by atoms with van der Waals surface area (Å²) in [6, 6.07) is 9.53. The van der Waals surface area contributed by atoms with Crippen molar-refractivity contribution in [1.29, 1.82) is 0 Å². The number of aliphatic carboxylic acids is 2. The average Bonchev–Trinajstić information content (AvgIpc) is 3.04. The second-order valence-electron chi connectivity index (χ2n) is 6.68. The molecule has 0 bridgehead atoms. The van der Waals surface area contributed by atoms with Crippen LogP contribution in [0, 0.1) is 0 Å². The maximum atomic E-state index is 11.7. The van der Waals surface area contributed by atoms with E-state index in [1.54, 1.807) is 0 Å². The van der Waals surface area contributed by atoms with Crippen molar-refractivity contribution < 1.29 is 19.8 Å². The van der Waals surface area contributed by atoms with Crippen LogP contribution in [0.1, 0.15) is 63.4 Å². The van der Waals surface area contributed by atoms with E-state index in [4.69, 9.17) is 5.11 Å². The molecule has 0 amide bonds. The van der Waals surface area contributed by atoms with E-state index >= 15 is 0 Å². The van der Waals surface area contributed by atoms with E-state index in [2.05, 4.69) is 17.4 Å². The van der Waals surface area contributed by atoms with Gasteiger partial charge in [-0.2, -0.15) is 0 Å². The summed E-state index contributed by atoms with van der Waals surface area (Å²) in [6.45, 7) is 0. The molecule has 1 aromatic carbocycles. The minimum atomic E-state index is -0.824. The quantitative estimate of drug-likeness (QED) is 0.570. The summed E-state index contributed by atoms with van der Waals surface area (Å²) < 4.78 is 0. The molecule has 0 spiro atoms. The maximum Gasteiger partial charge on any atom is 0.320 e. The summed E-state index contributed by atoms with van der Waals surface area (Å²) in [4.78, 5) is 22.2. The number of hydrogen-bond donors (Lipinski definition) is 3. The Labute approximate surface area is 143 Å². The molecule has 1 aromatic rings. The van der Waals surface area contributed by atoms with Gasteiger partial charge in [-0.05, 0) is 31.2 Å². The molecule has 3 N–H and O–H groups in total. The SMILES string of the molecule is O=C(O)CCCCCC(NC1(c2ccccc2)CCCC1)C(=O)O. The molecular formula is C19H27NO4. The second kappa shape index (κ2) is 8.83. The molecular weight excluding hydrogens is 306 g/mol. The molecule has 5 nitrogen and oxygen atoms in total. The Morgan fingerprint density at radius 3 is 2.29 bits per heavy atom. The molecule has 0 aliphatic heterocycles. The highest BCUT2D eigenvalue weighted by Gasteiger charge is 2.38. The van der Waals surface area contributed by atoms with Crippen LogP contribution in [-0.4, -0.2) is 28.2 Å². The van der Waals surface area contributed by atoms with Crippen molar-refractivity contribution >= 4 is 11.9 Å². The van der Waals surface area contributed by atoms with E-state index in [1.807, 2.05) is 18.2 Å². The highest BCUT2D eigenvalue weighted by atomic mass is 16.4. The molecule has 1 atom stereocenters. The molecule has 0 aromatic heterocycles. The predicted molar refractivity (Wildman–Crippen MR) is 91.9 cm³/mol.